The van der Waals surface area contributed by atoms with E-state index in [-0.39, 0.29) is 30.5 Å². The van der Waals surface area contributed by atoms with Crippen LogP contribution in [0.25, 0.3) is 0 Å². The first-order valence-electron chi connectivity index (χ1n) is 11.4. The van der Waals surface area contributed by atoms with Crippen molar-refractivity contribution < 1.29 is 25.5 Å². The highest BCUT2D eigenvalue weighted by Gasteiger charge is 2.17. The summed E-state index contributed by atoms with van der Waals surface area (Å²) in [5.41, 5.74) is 3.94. The Morgan fingerprint density at radius 2 is 0.971 bits per heavy atom. The van der Waals surface area contributed by atoms with E-state index < -0.39 is 0 Å². The molecule has 5 N–H and O–H groups in total. The second-order valence-electron chi connectivity index (χ2n) is 8.56. The molecule has 182 valence electrons. The van der Waals surface area contributed by atoms with Gasteiger partial charge in [0.05, 0.1) is 13.2 Å². The molecule has 3 aromatic carbocycles. The molecule has 0 atom stereocenters. The van der Waals surface area contributed by atoms with Gasteiger partial charge in [-0.2, -0.15) is 0 Å². The summed E-state index contributed by atoms with van der Waals surface area (Å²) in [4.78, 5) is 3.95. The molecular weight excluding hydrogens is 432 g/mol. The van der Waals surface area contributed by atoms with Crippen molar-refractivity contribution in [1.29, 1.82) is 0 Å². The van der Waals surface area contributed by atoms with Crippen LogP contribution in [0.5, 0.6) is 17.2 Å². The number of nitrogens with zero attached hydrogens (tertiary/aromatic N) is 2. The summed E-state index contributed by atoms with van der Waals surface area (Å²) < 4.78 is 0. The highest BCUT2D eigenvalue weighted by atomic mass is 16.3. The Kier molecular flexibility index (Phi) is 9.30. The molecule has 0 heterocycles. The normalized spacial score (nSPS) is 11.4. The number of hydrogen-bond acceptors (Lipinski definition) is 7. The van der Waals surface area contributed by atoms with E-state index in [4.69, 9.17) is 0 Å². The molecule has 0 fully saturated rings. The van der Waals surface area contributed by atoms with Crippen molar-refractivity contribution in [2.45, 2.75) is 33.1 Å². The van der Waals surface area contributed by atoms with Crippen LogP contribution >= 0.6 is 0 Å². The third-order valence-electron chi connectivity index (χ3n) is 5.80. The van der Waals surface area contributed by atoms with Gasteiger partial charge in [0.2, 0.25) is 0 Å². The van der Waals surface area contributed by atoms with Crippen molar-refractivity contribution in [3.63, 3.8) is 0 Å². The molecule has 0 amide bonds. The maximum atomic E-state index is 11.1. The summed E-state index contributed by atoms with van der Waals surface area (Å²) in [6.45, 7) is 4.31. The molecule has 3 aromatic rings. The van der Waals surface area contributed by atoms with Crippen LogP contribution in [-0.2, 0) is 26.2 Å². The molecule has 34 heavy (non-hydrogen) atoms. The zero-order valence-electron chi connectivity index (χ0n) is 19.6. The standard InChI is InChI=1S/C27H34N2O5/c1-20-14-23(18-28(10-12-30)16-21-6-2-4-8-25(21)32)27(34)24(15-20)19-29(11-13-31)17-22-7-3-5-9-26(22)33/h2-9,14-15,30-34H,10-13,16-19H2,1H3. The molecule has 0 saturated carbocycles. The Balaban J connectivity index is 1.81. The number of aryl methyl sites for hydroxylation is 1. The Labute approximate surface area is 200 Å². The highest BCUT2D eigenvalue weighted by molar-refractivity contribution is 5.44. The number of hydrogen-bond donors (Lipinski definition) is 5. The fourth-order valence-corrected chi connectivity index (χ4v) is 4.14. The Morgan fingerprint density at radius 1 is 0.588 bits per heavy atom. The van der Waals surface area contributed by atoms with Crippen molar-refractivity contribution in [2.75, 3.05) is 26.3 Å². The number of aliphatic hydroxyl groups excluding tert-OH is 2. The van der Waals surface area contributed by atoms with Gasteiger partial charge in [0.15, 0.2) is 0 Å². The van der Waals surface area contributed by atoms with Crippen LogP contribution < -0.4 is 0 Å². The summed E-state index contributed by atoms with van der Waals surface area (Å²) in [6, 6.07) is 18.0. The quantitative estimate of drug-likeness (QED) is 0.279. The van der Waals surface area contributed by atoms with Crippen molar-refractivity contribution in [2.24, 2.45) is 0 Å². The molecule has 0 spiro atoms. The predicted molar refractivity (Wildman–Crippen MR) is 131 cm³/mol. The first kappa shape index (κ1) is 25.5. The third-order valence-corrected chi connectivity index (χ3v) is 5.80. The van der Waals surface area contributed by atoms with Gasteiger partial charge in [-0.15, -0.1) is 0 Å². The maximum absolute atomic E-state index is 11.1. The summed E-state index contributed by atoms with van der Waals surface area (Å²) in [5.74, 6) is 0.567. The zero-order chi connectivity index (χ0) is 24.5. The van der Waals surface area contributed by atoms with E-state index in [1.54, 1.807) is 24.3 Å². The minimum Gasteiger partial charge on any atom is -0.508 e. The maximum Gasteiger partial charge on any atom is 0.124 e. The van der Waals surface area contributed by atoms with Gasteiger partial charge >= 0.3 is 0 Å². The molecule has 7 nitrogen and oxygen atoms in total. The smallest absolute Gasteiger partial charge is 0.124 e. The van der Waals surface area contributed by atoms with Gasteiger partial charge in [-0.1, -0.05) is 54.1 Å². The molecule has 0 unspecified atom stereocenters. The van der Waals surface area contributed by atoms with Crippen molar-refractivity contribution in [3.8, 4) is 17.2 Å². The summed E-state index contributed by atoms with van der Waals surface area (Å²) in [5, 5.41) is 50.5. The van der Waals surface area contributed by atoms with Crippen LogP contribution in [0.1, 0.15) is 27.8 Å². The van der Waals surface area contributed by atoms with Crippen LogP contribution in [0.4, 0.5) is 0 Å². The number of phenolic OH excluding ortho intramolecular Hbond substituents is 3. The Bertz CT molecular complexity index is 992. The highest BCUT2D eigenvalue weighted by Crippen LogP contribution is 2.29. The van der Waals surface area contributed by atoms with Gasteiger partial charge in [-0.25, -0.2) is 0 Å². The fourth-order valence-electron chi connectivity index (χ4n) is 4.14. The van der Waals surface area contributed by atoms with Crippen LogP contribution in [0.2, 0.25) is 0 Å². The van der Waals surface area contributed by atoms with Crippen LogP contribution in [-0.4, -0.2) is 61.6 Å². The molecule has 0 aliphatic heterocycles. The van der Waals surface area contributed by atoms with Gasteiger partial charge < -0.3 is 25.5 Å². The van der Waals surface area contributed by atoms with Crippen LogP contribution in [0.15, 0.2) is 60.7 Å². The van der Waals surface area contributed by atoms with Gasteiger partial charge in [0.1, 0.15) is 17.2 Å². The minimum atomic E-state index is -0.0438. The largest absolute Gasteiger partial charge is 0.508 e. The van der Waals surface area contributed by atoms with Crippen LogP contribution in [0.3, 0.4) is 0 Å². The fraction of sp³-hybridized carbons (Fsp3) is 0.333. The predicted octanol–water partition coefficient (Wildman–Crippen LogP) is 3.10. The van der Waals surface area contributed by atoms with Gasteiger partial charge in [0.25, 0.3) is 0 Å². The summed E-state index contributed by atoms with van der Waals surface area (Å²) >= 11 is 0. The molecule has 0 aliphatic rings. The lowest BCUT2D eigenvalue weighted by atomic mass is 10.0. The van der Waals surface area contributed by atoms with E-state index in [0.717, 1.165) is 27.8 Å². The van der Waals surface area contributed by atoms with Crippen molar-refractivity contribution in [1.82, 2.24) is 9.80 Å². The number of para-hydroxylation sites is 2. The molecule has 0 aliphatic carbocycles. The average Bonchev–Trinajstić information content (AvgIpc) is 2.80. The molecular formula is C27H34N2O5. The summed E-state index contributed by atoms with van der Waals surface area (Å²) in [7, 11) is 0. The topological polar surface area (TPSA) is 108 Å². The average molecular weight is 467 g/mol. The Hall–Kier alpha value is -3.10. The molecule has 0 aromatic heterocycles. The van der Waals surface area contributed by atoms with Gasteiger partial charge in [0, 0.05) is 61.5 Å². The Morgan fingerprint density at radius 3 is 1.35 bits per heavy atom. The first-order chi connectivity index (χ1) is 16.4. The first-order valence-corrected chi connectivity index (χ1v) is 11.4. The minimum absolute atomic E-state index is 0.0438. The lowest BCUT2D eigenvalue weighted by Crippen LogP contribution is -2.27. The lowest BCUT2D eigenvalue weighted by molar-refractivity contribution is 0.178. The molecule has 0 bridgehead atoms. The van der Waals surface area contributed by atoms with E-state index in [1.165, 1.54) is 0 Å². The van der Waals surface area contributed by atoms with E-state index in [9.17, 15) is 25.5 Å². The third kappa shape index (κ3) is 6.95. The van der Waals surface area contributed by atoms with Crippen molar-refractivity contribution >= 4 is 0 Å². The molecule has 0 radical (unpaired) electrons. The lowest BCUT2D eigenvalue weighted by Gasteiger charge is -2.25. The second kappa shape index (κ2) is 12.4. The zero-order valence-corrected chi connectivity index (χ0v) is 19.6. The number of rotatable bonds is 12. The number of benzene rings is 3. The monoisotopic (exact) mass is 466 g/mol. The second-order valence-corrected chi connectivity index (χ2v) is 8.56. The van der Waals surface area contributed by atoms with Gasteiger partial charge in [-0.3, -0.25) is 9.80 Å². The molecule has 7 heteroatoms. The number of aliphatic hydroxyl groups is 2. The molecule has 3 rings (SSSR count). The SMILES string of the molecule is Cc1cc(CN(CCO)Cc2ccccc2O)c(O)c(CN(CCO)Cc2ccccc2O)c1. The number of phenols is 3. The van der Waals surface area contributed by atoms with Crippen molar-refractivity contribution in [3.05, 3.63) is 88.5 Å². The number of aromatic hydroxyl groups is 3. The van der Waals surface area contributed by atoms with Crippen LogP contribution in [0, 0.1) is 6.92 Å². The van der Waals surface area contributed by atoms with E-state index in [2.05, 4.69) is 0 Å². The molecule has 0 saturated heterocycles. The van der Waals surface area contributed by atoms with Gasteiger partial charge in [-0.05, 0) is 19.1 Å². The van der Waals surface area contributed by atoms with E-state index in [1.807, 2.05) is 53.1 Å². The summed E-state index contributed by atoms with van der Waals surface area (Å²) in [6.07, 6.45) is 0. The van der Waals surface area contributed by atoms with E-state index >= 15 is 0 Å². The van der Waals surface area contributed by atoms with E-state index in [0.29, 0.717) is 39.3 Å².